The van der Waals surface area contributed by atoms with Gasteiger partial charge in [0.25, 0.3) is 0 Å². The van der Waals surface area contributed by atoms with Crippen LogP contribution in [0.4, 0.5) is 0 Å². The fourth-order valence-corrected chi connectivity index (χ4v) is 4.71. The number of amidine groups is 1. The molecule has 1 atom stereocenters. The average molecular weight is 423 g/mol. The van der Waals surface area contributed by atoms with E-state index in [0.29, 0.717) is 6.02 Å². The standard InChI is InChI=1S/C25H42N2O.ClH/c1-3-5-6-7-8-9-10-11-12-13-17-20-25(21-23-18-15-14-16-19-23)22-26-24(28)27(25)4-2;/h14-16,18-19H,3-13,17,20-22H2,1-2H3,(H,26,28);1H. The predicted octanol–water partition coefficient (Wildman–Crippen LogP) is 3.22. The smallest absolute Gasteiger partial charge is 0.442 e. The molecule has 1 unspecified atom stereocenters. The zero-order valence-electron chi connectivity index (χ0n) is 18.8. The quantitative estimate of drug-likeness (QED) is 0.336. The Morgan fingerprint density at radius 3 is 1.97 bits per heavy atom. The number of rotatable bonds is 15. The van der Waals surface area contributed by atoms with Crippen LogP contribution < -0.4 is 17.7 Å². The highest BCUT2D eigenvalue weighted by atomic mass is 35.5. The van der Waals surface area contributed by atoms with Crippen molar-refractivity contribution in [1.29, 1.82) is 0 Å². The molecule has 2 rings (SSSR count). The fraction of sp³-hybridized carbons (Fsp3) is 0.720. The monoisotopic (exact) mass is 422 g/mol. The van der Waals surface area contributed by atoms with Crippen LogP contribution in [-0.4, -0.2) is 34.3 Å². The number of hydrogen-bond acceptors (Lipinski definition) is 1. The van der Waals surface area contributed by atoms with Crippen molar-refractivity contribution >= 4 is 6.02 Å². The SMILES string of the molecule is CCCCCCCCCCCCCC1(Cc2ccccc2)CNC(O)=[N+]1CC.[Cl-]. The number of aliphatic hydroxyl groups excluding tert-OH is 1. The molecule has 4 heteroatoms. The summed E-state index contributed by atoms with van der Waals surface area (Å²) in [6.45, 7) is 6.12. The first-order valence-electron chi connectivity index (χ1n) is 11.8. The summed E-state index contributed by atoms with van der Waals surface area (Å²) in [6.07, 6.45) is 17.3. The van der Waals surface area contributed by atoms with Gasteiger partial charge >= 0.3 is 6.02 Å². The number of aliphatic hydroxyl groups is 1. The van der Waals surface area contributed by atoms with E-state index >= 15 is 0 Å². The van der Waals surface area contributed by atoms with Gasteiger partial charge in [-0.3, -0.25) is 0 Å². The summed E-state index contributed by atoms with van der Waals surface area (Å²) >= 11 is 0. The van der Waals surface area contributed by atoms with E-state index in [0.717, 1.165) is 25.9 Å². The summed E-state index contributed by atoms with van der Waals surface area (Å²) < 4.78 is 2.19. The number of nitrogens with zero attached hydrogens (tertiary/aromatic N) is 1. The Morgan fingerprint density at radius 2 is 1.41 bits per heavy atom. The van der Waals surface area contributed by atoms with Crippen LogP contribution in [0.1, 0.15) is 96.5 Å². The van der Waals surface area contributed by atoms with Gasteiger partial charge in [-0.15, -0.1) is 0 Å². The van der Waals surface area contributed by atoms with Crippen molar-refractivity contribution < 1.29 is 22.1 Å². The van der Waals surface area contributed by atoms with Crippen molar-refractivity contribution in [2.75, 3.05) is 13.1 Å². The third kappa shape index (κ3) is 8.58. The van der Waals surface area contributed by atoms with Gasteiger partial charge in [0.2, 0.25) is 0 Å². The van der Waals surface area contributed by atoms with Gasteiger partial charge in [-0.1, -0.05) is 101 Å². The lowest BCUT2D eigenvalue weighted by molar-refractivity contribution is -0.602. The van der Waals surface area contributed by atoms with Crippen molar-refractivity contribution in [3.8, 4) is 0 Å². The van der Waals surface area contributed by atoms with Crippen LogP contribution in [-0.2, 0) is 6.42 Å². The molecule has 1 aromatic carbocycles. The highest BCUT2D eigenvalue weighted by Gasteiger charge is 2.45. The molecule has 1 aliphatic rings. The largest absolute Gasteiger partial charge is 1.00 e. The van der Waals surface area contributed by atoms with E-state index in [1.807, 2.05) is 0 Å². The number of unbranched alkanes of at least 4 members (excludes halogenated alkanes) is 10. The van der Waals surface area contributed by atoms with Gasteiger partial charge in [0.1, 0.15) is 6.54 Å². The molecule has 1 heterocycles. The number of halogens is 1. The lowest BCUT2D eigenvalue weighted by atomic mass is 9.85. The molecule has 29 heavy (non-hydrogen) atoms. The Labute approximate surface area is 185 Å². The summed E-state index contributed by atoms with van der Waals surface area (Å²) in [7, 11) is 0. The molecule has 0 saturated carbocycles. The Hall–Kier alpha value is -1.22. The molecule has 3 nitrogen and oxygen atoms in total. The number of likely N-dealkylation sites (N-methyl/N-ethyl adjacent to an activating group) is 1. The van der Waals surface area contributed by atoms with Gasteiger partial charge in [-0.25, -0.2) is 9.89 Å². The maximum absolute atomic E-state index is 10.3. The first kappa shape index (κ1) is 25.8. The normalized spacial score (nSPS) is 18.6. The zero-order chi connectivity index (χ0) is 20.1. The van der Waals surface area contributed by atoms with Crippen molar-refractivity contribution in [2.24, 2.45) is 0 Å². The first-order chi connectivity index (χ1) is 13.7. The minimum Gasteiger partial charge on any atom is -1.00 e. The van der Waals surface area contributed by atoms with Crippen LogP contribution in [0.2, 0.25) is 0 Å². The molecule has 2 N–H and O–H groups in total. The van der Waals surface area contributed by atoms with E-state index in [-0.39, 0.29) is 17.9 Å². The Balaban J connectivity index is 0.00000420. The summed E-state index contributed by atoms with van der Waals surface area (Å²) in [5.41, 5.74) is 1.37. The molecule has 0 bridgehead atoms. The molecule has 1 aromatic rings. The summed E-state index contributed by atoms with van der Waals surface area (Å²) in [6, 6.07) is 11.1. The van der Waals surface area contributed by atoms with Crippen LogP contribution in [0.25, 0.3) is 0 Å². The summed E-state index contributed by atoms with van der Waals surface area (Å²) in [4.78, 5) is 0. The van der Waals surface area contributed by atoms with Gasteiger partial charge < -0.3 is 17.5 Å². The van der Waals surface area contributed by atoms with Crippen LogP contribution in [0.5, 0.6) is 0 Å². The van der Waals surface area contributed by atoms with Gasteiger partial charge in [0.05, 0.1) is 6.54 Å². The van der Waals surface area contributed by atoms with Crippen molar-refractivity contribution in [1.82, 2.24) is 5.32 Å². The second-order valence-electron chi connectivity index (χ2n) is 8.59. The maximum atomic E-state index is 10.3. The highest BCUT2D eigenvalue weighted by molar-refractivity contribution is 5.67. The second-order valence-corrected chi connectivity index (χ2v) is 8.59. The third-order valence-electron chi connectivity index (χ3n) is 6.34. The number of benzene rings is 1. The topological polar surface area (TPSA) is 35.3 Å². The molecule has 0 aliphatic carbocycles. The molecule has 0 saturated heterocycles. The molecular weight excluding hydrogens is 380 g/mol. The zero-order valence-corrected chi connectivity index (χ0v) is 19.5. The number of nitrogens with one attached hydrogen (secondary N) is 1. The van der Waals surface area contributed by atoms with Gasteiger partial charge in [-0.2, -0.15) is 0 Å². The van der Waals surface area contributed by atoms with E-state index in [2.05, 4.69) is 54.1 Å². The molecule has 0 amide bonds. The van der Waals surface area contributed by atoms with E-state index < -0.39 is 0 Å². The lowest BCUT2D eigenvalue weighted by Crippen LogP contribution is -3.00. The van der Waals surface area contributed by atoms with E-state index in [4.69, 9.17) is 0 Å². The van der Waals surface area contributed by atoms with Crippen molar-refractivity contribution in [3.63, 3.8) is 0 Å². The molecule has 166 valence electrons. The maximum Gasteiger partial charge on any atom is 0.442 e. The van der Waals surface area contributed by atoms with E-state index in [1.54, 1.807) is 0 Å². The lowest BCUT2D eigenvalue weighted by Gasteiger charge is -2.28. The molecule has 1 aliphatic heterocycles. The van der Waals surface area contributed by atoms with Crippen LogP contribution >= 0.6 is 0 Å². The molecule has 0 radical (unpaired) electrons. The number of hydrogen-bond donors (Lipinski definition) is 2. The van der Waals surface area contributed by atoms with Gasteiger partial charge in [0, 0.05) is 6.42 Å². The molecule has 0 spiro atoms. The second kappa shape index (κ2) is 14.7. The Bertz CT molecular complexity index is 575. The predicted molar refractivity (Wildman–Crippen MR) is 120 cm³/mol. The van der Waals surface area contributed by atoms with Crippen LogP contribution in [0, 0.1) is 0 Å². The first-order valence-corrected chi connectivity index (χ1v) is 11.8. The van der Waals surface area contributed by atoms with E-state index in [9.17, 15) is 5.11 Å². The minimum absolute atomic E-state index is 0. The summed E-state index contributed by atoms with van der Waals surface area (Å²) in [5.74, 6) is 0. The average Bonchev–Trinajstić information content (AvgIpc) is 3.02. The van der Waals surface area contributed by atoms with Crippen molar-refractivity contribution in [2.45, 2.75) is 103 Å². The molecule has 0 fully saturated rings. The van der Waals surface area contributed by atoms with Crippen molar-refractivity contribution in [3.05, 3.63) is 35.9 Å². The third-order valence-corrected chi connectivity index (χ3v) is 6.34. The van der Waals surface area contributed by atoms with Gasteiger partial charge in [-0.05, 0) is 25.3 Å². The molecule has 0 aromatic heterocycles. The minimum atomic E-state index is 0. The highest BCUT2D eigenvalue weighted by Crippen LogP contribution is 2.27. The summed E-state index contributed by atoms with van der Waals surface area (Å²) in [5, 5.41) is 13.5. The van der Waals surface area contributed by atoms with Gasteiger partial charge in [0.15, 0.2) is 5.54 Å². The Kier molecular flexibility index (Phi) is 13.1. The Morgan fingerprint density at radius 1 is 0.862 bits per heavy atom. The van der Waals surface area contributed by atoms with E-state index in [1.165, 1.54) is 76.2 Å². The van der Waals surface area contributed by atoms with Crippen LogP contribution in [0.15, 0.2) is 30.3 Å². The molecular formula is C25H43ClN2O. The van der Waals surface area contributed by atoms with Crippen LogP contribution in [0.3, 0.4) is 0 Å². The fourth-order valence-electron chi connectivity index (χ4n) is 4.71.